The normalized spacial score (nSPS) is 12.3. The predicted octanol–water partition coefficient (Wildman–Crippen LogP) is 2.39. The number of benzene rings is 1. The van der Waals surface area contributed by atoms with E-state index in [4.69, 9.17) is 4.52 Å². The molecule has 1 aromatic heterocycles. The minimum absolute atomic E-state index is 0.393. The van der Waals surface area contributed by atoms with Gasteiger partial charge in [0.25, 0.3) is 0 Å². The third-order valence-electron chi connectivity index (χ3n) is 2.79. The van der Waals surface area contributed by atoms with Crippen molar-refractivity contribution in [2.24, 2.45) is 0 Å². The Bertz CT molecular complexity index is 505. The molecule has 2 rings (SSSR count). The predicted molar refractivity (Wildman–Crippen MR) is 61.8 cm³/mol. The maximum Gasteiger partial charge on any atom is 0.311 e. The Hall–Kier alpha value is -2.10. The van der Waals surface area contributed by atoms with Gasteiger partial charge in [0.1, 0.15) is 6.26 Å². The van der Waals surface area contributed by atoms with E-state index in [0.717, 1.165) is 16.7 Å². The fourth-order valence-corrected chi connectivity index (χ4v) is 1.87. The molecule has 1 heterocycles. The van der Waals surface area contributed by atoms with Gasteiger partial charge >= 0.3 is 5.97 Å². The van der Waals surface area contributed by atoms with Crippen LogP contribution in [0.25, 0.3) is 0 Å². The van der Waals surface area contributed by atoms with Crippen LogP contribution in [0.15, 0.2) is 41.2 Å². The molecule has 2 aromatic rings. The number of carbonyl (C=O) groups is 1. The third-order valence-corrected chi connectivity index (χ3v) is 2.79. The second-order valence-electron chi connectivity index (χ2n) is 3.98. The number of rotatable bonds is 4. The average Bonchev–Trinajstić information content (AvgIpc) is 2.79. The molecule has 0 aliphatic heterocycles. The molecule has 1 N–H and O–H groups in total. The second-order valence-corrected chi connectivity index (χ2v) is 3.98. The first kappa shape index (κ1) is 11.4. The standard InChI is InChI=1S/C13H13NO3/c1-9-4-2-3-5-11(9)12(13(15)16)6-10-7-14-17-8-10/h2-5,7-8,12H,6H2,1H3,(H,15,16). The largest absolute Gasteiger partial charge is 0.481 e. The molecule has 4 nitrogen and oxygen atoms in total. The number of aromatic nitrogens is 1. The Morgan fingerprint density at radius 3 is 2.82 bits per heavy atom. The molecular formula is C13H13NO3. The SMILES string of the molecule is Cc1ccccc1C(Cc1cnoc1)C(=O)O. The summed E-state index contributed by atoms with van der Waals surface area (Å²) in [5.41, 5.74) is 2.61. The fourth-order valence-electron chi connectivity index (χ4n) is 1.87. The van der Waals surface area contributed by atoms with Gasteiger partial charge in [0.15, 0.2) is 0 Å². The van der Waals surface area contributed by atoms with Gasteiger partial charge < -0.3 is 9.63 Å². The molecule has 0 amide bonds. The number of aryl methyl sites for hydroxylation is 1. The first-order chi connectivity index (χ1) is 8.18. The number of aliphatic carboxylic acids is 1. The number of nitrogens with zero attached hydrogens (tertiary/aromatic N) is 1. The van der Waals surface area contributed by atoms with Gasteiger partial charge in [-0.3, -0.25) is 4.79 Å². The van der Waals surface area contributed by atoms with Gasteiger partial charge in [-0.2, -0.15) is 0 Å². The molecule has 0 aliphatic carbocycles. The van der Waals surface area contributed by atoms with Gasteiger partial charge in [0.05, 0.1) is 12.1 Å². The lowest BCUT2D eigenvalue weighted by atomic mass is 9.90. The van der Waals surface area contributed by atoms with Gasteiger partial charge in [-0.05, 0) is 24.5 Å². The van der Waals surface area contributed by atoms with Crippen LogP contribution in [0.1, 0.15) is 22.6 Å². The van der Waals surface area contributed by atoms with Crippen LogP contribution in [-0.4, -0.2) is 16.2 Å². The molecule has 4 heteroatoms. The van der Waals surface area contributed by atoms with E-state index in [9.17, 15) is 9.90 Å². The topological polar surface area (TPSA) is 63.3 Å². The highest BCUT2D eigenvalue weighted by atomic mass is 16.5. The van der Waals surface area contributed by atoms with Crippen molar-refractivity contribution in [1.82, 2.24) is 5.16 Å². The highest BCUT2D eigenvalue weighted by Crippen LogP contribution is 2.24. The number of hydrogen-bond acceptors (Lipinski definition) is 3. The molecule has 0 fully saturated rings. The zero-order chi connectivity index (χ0) is 12.3. The first-order valence-electron chi connectivity index (χ1n) is 5.35. The van der Waals surface area contributed by atoms with Crippen molar-refractivity contribution < 1.29 is 14.4 Å². The van der Waals surface area contributed by atoms with Gasteiger partial charge in [0, 0.05) is 5.56 Å². The van der Waals surface area contributed by atoms with Gasteiger partial charge in [0.2, 0.25) is 0 Å². The summed E-state index contributed by atoms with van der Waals surface area (Å²) in [6.07, 6.45) is 3.42. The molecule has 88 valence electrons. The first-order valence-corrected chi connectivity index (χ1v) is 5.35. The van der Waals surface area contributed by atoms with E-state index in [1.165, 1.54) is 6.26 Å². The monoisotopic (exact) mass is 231 g/mol. The summed E-state index contributed by atoms with van der Waals surface area (Å²) in [4.78, 5) is 11.3. The van der Waals surface area contributed by atoms with E-state index in [0.29, 0.717) is 6.42 Å². The van der Waals surface area contributed by atoms with Crippen molar-refractivity contribution >= 4 is 5.97 Å². The van der Waals surface area contributed by atoms with E-state index in [1.54, 1.807) is 6.20 Å². The zero-order valence-electron chi connectivity index (χ0n) is 9.46. The highest BCUT2D eigenvalue weighted by Gasteiger charge is 2.22. The summed E-state index contributed by atoms with van der Waals surface area (Å²) in [6.45, 7) is 1.92. The van der Waals surface area contributed by atoms with Crippen LogP contribution in [0, 0.1) is 6.92 Å². The zero-order valence-corrected chi connectivity index (χ0v) is 9.46. The van der Waals surface area contributed by atoms with Crippen molar-refractivity contribution in [2.75, 3.05) is 0 Å². The summed E-state index contributed by atoms with van der Waals surface area (Å²) in [5.74, 6) is -1.39. The van der Waals surface area contributed by atoms with Crippen molar-refractivity contribution in [3.8, 4) is 0 Å². The number of hydrogen-bond donors (Lipinski definition) is 1. The summed E-state index contributed by atoms with van der Waals surface area (Å²) in [6, 6.07) is 7.52. The maximum absolute atomic E-state index is 11.3. The van der Waals surface area contributed by atoms with Crippen LogP contribution in [0.2, 0.25) is 0 Å². The fraction of sp³-hybridized carbons (Fsp3) is 0.231. The Labute approximate surface area is 98.9 Å². The molecule has 0 saturated heterocycles. The maximum atomic E-state index is 11.3. The molecule has 1 unspecified atom stereocenters. The molecule has 0 saturated carbocycles. The minimum Gasteiger partial charge on any atom is -0.481 e. The van der Waals surface area contributed by atoms with Crippen LogP contribution in [0.5, 0.6) is 0 Å². The van der Waals surface area contributed by atoms with E-state index in [2.05, 4.69) is 5.16 Å². The lowest BCUT2D eigenvalue weighted by Crippen LogP contribution is -2.15. The summed E-state index contributed by atoms with van der Waals surface area (Å²) < 4.78 is 4.72. The van der Waals surface area contributed by atoms with E-state index in [-0.39, 0.29) is 0 Å². The Balaban J connectivity index is 2.30. The summed E-state index contributed by atoms with van der Waals surface area (Å²) in [5, 5.41) is 12.9. The Morgan fingerprint density at radius 1 is 1.47 bits per heavy atom. The van der Waals surface area contributed by atoms with Crippen LogP contribution in [0.4, 0.5) is 0 Å². The quantitative estimate of drug-likeness (QED) is 0.877. The molecule has 0 aliphatic rings. The molecule has 1 aromatic carbocycles. The van der Waals surface area contributed by atoms with Gasteiger partial charge in [-0.15, -0.1) is 0 Å². The second kappa shape index (κ2) is 4.82. The van der Waals surface area contributed by atoms with Crippen LogP contribution >= 0.6 is 0 Å². The van der Waals surface area contributed by atoms with E-state index >= 15 is 0 Å². The minimum atomic E-state index is -0.833. The molecule has 0 radical (unpaired) electrons. The van der Waals surface area contributed by atoms with Crippen LogP contribution < -0.4 is 0 Å². The lowest BCUT2D eigenvalue weighted by Gasteiger charge is -2.13. The van der Waals surface area contributed by atoms with Gasteiger partial charge in [-0.1, -0.05) is 29.4 Å². The van der Waals surface area contributed by atoms with Crippen molar-refractivity contribution in [2.45, 2.75) is 19.3 Å². The molecule has 17 heavy (non-hydrogen) atoms. The highest BCUT2D eigenvalue weighted by molar-refractivity contribution is 5.77. The average molecular weight is 231 g/mol. The van der Waals surface area contributed by atoms with Crippen molar-refractivity contribution in [1.29, 1.82) is 0 Å². The Kier molecular flexibility index (Phi) is 3.23. The lowest BCUT2D eigenvalue weighted by molar-refractivity contribution is -0.138. The van der Waals surface area contributed by atoms with Crippen LogP contribution in [0.3, 0.4) is 0 Å². The van der Waals surface area contributed by atoms with Crippen molar-refractivity contribution in [3.05, 3.63) is 53.4 Å². The molecular weight excluding hydrogens is 218 g/mol. The number of carboxylic acids is 1. The summed E-state index contributed by atoms with van der Waals surface area (Å²) >= 11 is 0. The molecule has 1 atom stereocenters. The van der Waals surface area contributed by atoms with E-state index in [1.807, 2.05) is 31.2 Å². The number of carboxylic acid groups (broad SMARTS) is 1. The van der Waals surface area contributed by atoms with Crippen molar-refractivity contribution in [3.63, 3.8) is 0 Å². The van der Waals surface area contributed by atoms with Crippen LogP contribution in [-0.2, 0) is 11.2 Å². The molecule has 0 spiro atoms. The summed E-state index contributed by atoms with van der Waals surface area (Å²) in [7, 11) is 0. The smallest absolute Gasteiger partial charge is 0.311 e. The van der Waals surface area contributed by atoms with Gasteiger partial charge in [-0.25, -0.2) is 0 Å². The van der Waals surface area contributed by atoms with E-state index < -0.39 is 11.9 Å². The third kappa shape index (κ3) is 2.53. The molecule has 0 bridgehead atoms. The Morgan fingerprint density at radius 2 is 2.24 bits per heavy atom.